The van der Waals surface area contributed by atoms with E-state index in [4.69, 9.17) is 11.6 Å². The molecule has 0 spiro atoms. The van der Waals surface area contributed by atoms with Crippen LogP contribution in [-0.2, 0) is 4.79 Å². The lowest BCUT2D eigenvalue weighted by Gasteiger charge is -2.31. The van der Waals surface area contributed by atoms with Crippen molar-refractivity contribution in [3.63, 3.8) is 0 Å². The first kappa shape index (κ1) is 18.5. The number of nitrogens with zero attached hydrogens (tertiary/aromatic N) is 1. The molecular weight excluding hydrogens is 328 g/mol. The van der Waals surface area contributed by atoms with E-state index < -0.39 is 0 Å². The van der Waals surface area contributed by atoms with Crippen molar-refractivity contribution in [3.8, 4) is 0 Å². The summed E-state index contributed by atoms with van der Waals surface area (Å²) in [5, 5.41) is 9.23. The van der Waals surface area contributed by atoms with E-state index in [9.17, 15) is 9.59 Å². The van der Waals surface area contributed by atoms with Gasteiger partial charge in [0, 0.05) is 36.4 Å². The van der Waals surface area contributed by atoms with Crippen LogP contribution in [0.25, 0.3) is 0 Å². The number of likely N-dealkylation sites (tertiary alicyclic amines) is 1. The number of hydrogen-bond acceptors (Lipinski definition) is 3. The Morgan fingerprint density at radius 3 is 2.71 bits per heavy atom. The van der Waals surface area contributed by atoms with Crippen LogP contribution in [0.15, 0.2) is 24.3 Å². The van der Waals surface area contributed by atoms with Crippen molar-refractivity contribution in [2.45, 2.75) is 32.2 Å². The summed E-state index contributed by atoms with van der Waals surface area (Å²) in [4.78, 5) is 25.9. The van der Waals surface area contributed by atoms with E-state index in [-0.39, 0.29) is 18.0 Å². The minimum absolute atomic E-state index is 0.0713. The first-order valence-corrected chi connectivity index (χ1v) is 8.76. The van der Waals surface area contributed by atoms with Crippen LogP contribution in [0.1, 0.15) is 26.2 Å². The minimum Gasteiger partial charge on any atom is -0.355 e. The van der Waals surface area contributed by atoms with Gasteiger partial charge in [-0.25, -0.2) is 4.79 Å². The summed E-state index contributed by atoms with van der Waals surface area (Å²) in [6.07, 6.45) is 2.62. The Kier molecular flexibility index (Phi) is 7.34. The average molecular weight is 353 g/mol. The molecule has 3 amide bonds. The van der Waals surface area contributed by atoms with Crippen LogP contribution < -0.4 is 16.0 Å². The number of hydrogen-bond donors (Lipinski definition) is 3. The number of benzene rings is 1. The van der Waals surface area contributed by atoms with Crippen molar-refractivity contribution < 1.29 is 9.59 Å². The number of anilines is 1. The molecule has 0 radical (unpaired) electrons. The van der Waals surface area contributed by atoms with Crippen molar-refractivity contribution in [1.29, 1.82) is 0 Å². The first-order valence-electron chi connectivity index (χ1n) is 8.39. The minimum atomic E-state index is -0.226. The Morgan fingerprint density at radius 2 is 2.04 bits per heavy atom. The number of urea groups is 1. The van der Waals surface area contributed by atoms with E-state index in [1.807, 2.05) is 6.92 Å². The lowest BCUT2D eigenvalue weighted by Crippen LogP contribution is -2.48. The van der Waals surface area contributed by atoms with E-state index >= 15 is 0 Å². The number of piperidine rings is 1. The summed E-state index contributed by atoms with van der Waals surface area (Å²) in [5.41, 5.74) is 0.671. The van der Waals surface area contributed by atoms with Crippen LogP contribution >= 0.6 is 11.6 Å². The zero-order valence-electron chi connectivity index (χ0n) is 14.0. The second-order valence-electron chi connectivity index (χ2n) is 6.01. The van der Waals surface area contributed by atoms with Crippen LogP contribution in [0.3, 0.4) is 0 Å². The third kappa shape index (κ3) is 6.37. The summed E-state index contributed by atoms with van der Waals surface area (Å²) in [7, 11) is 0. The topological polar surface area (TPSA) is 73.5 Å². The predicted molar refractivity (Wildman–Crippen MR) is 96.4 cm³/mol. The van der Waals surface area contributed by atoms with Gasteiger partial charge in [0.15, 0.2) is 0 Å². The fourth-order valence-electron chi connectivity index (χ4n) is 2.68. The van der Waals surface area contributed by atoms with Crippen LogP contribution in [0.4, 0.5) is 10.5 Å². The molecule has 0 aliphatic carbocycles. The van der Waals surface area contributed by atoms with Crippen LogP contribution in [0.5, 0.6) is 0 Å². The van der Waals surface area contributed by atoms with E-state index in [0.29, 0.717) is 17.3 Å². The van der Waals surface area contributed by atoms with Gasteiger partial charge in [-0.3, -0.25) is 9.69 Å². The number of amides is 3. The molecule has 1 fully saturated rings. The highest BCUT2D eigenvalue weighted by Gasteiger charge is 2.22. The largest absolute Gasteiger partial charge is 0.355 e. The third-order valence-corrected chi connectivity index (χ3v) is 4.18. The summed E-state index contributed by atoms with van der Waals surface area (Å²) >= 11 is 5.90. The zero-order chi connectivity index (χ0) is 17.4. The van der Waals surface area contributed by atoms with Gasteiger partial charge < -0.3 is 16.0 Å². The van der Waals surface area contributed by atoms with Crippen molar-refractivity contribution in [2.75, 3.05) is 31.5 Å². The second-order valence-corrected chi connectivity index (χ2v) is 6.45. The molecule has 1 aliphatic heterocycles. The molecule has 0 unspecified atom stereocenters. The predicted octanol–water partition coefficient (Wildman–Crippen LogP) is 2.45. The van der Waals surface area contributed by atoms with Gasteiger partial charge >= 0.3 is 6.03 Å². The molecule has 1 aromatic carbocycles. The van der Waals surface area contributed by atoms with Crippen LogP contribution in [0, 0.1) is 0 Å². The third-order valence-electron chi connectivity index (χ3n) is 3.94. The lowest BCUT2D eigenvalue weighted by molar-refractivity contribution is -0.122. The molecule has 0 bridgehead atoms. The molecule has 3 N–H and O–H groups in total. The smallest absolute Gasteiger partial charge is 0.319 e. The number of nitrogens with one attached hydrogen (secondary N) is 3. The quantitative estimate of drug-likeness (QED) is 0.736. The van der Waals surface area contributed by atoms with Crippen LogP contribution in [0.2, 0.25) is 5.02 Å². The van der Waals surface area contributed by atoms with Gasteiger partial charge in [0.25, 0.3) is 0 Å². The van der Waals surface area contributed by atoms with E-state index in [1.165, 1.54) is 0 Å². The summed E-state index contributed by atoms with van der Waals surface area (Å²) in [5.74, 6) is 0.0713. The second kappa shape index (κ2) is 9.49. The average Bonchev–Trinajstić information content (AvgIpc) is 2.54. The molecule has 0 atom stereocenters. The molecule has 1 aliphatic rings. The van der Waals surface area contributed by atoms with E-state index in [2.05, 4.69) is 20.9 Å². The Bertz CT molecular complexity index is 559. The Morgan fingerprint density at radius 1 is 1.29 bits per heavy atom. The first-order chi connectivity index (χ1) is 11.6. The molecule has 0 saturated carbocycles. The van der Waals surface area contributed by atoms with Crippen molar-refractivity contribution in [2.24, 2.45) is 0 Å². The van der Waals surface area contributed by atoms with Crippen molar-refractivity contribution >= 4 is 29.2 Å². The van der Waals surface area contributed by atoms with Gasteiger partial charge in [-0.15, -0.1) is 0 Å². The molecule has 1 saturated heterocycles. The van der Waals surface area contributed by atoms with E-state index in [0.717, 1.165) is 38.9 Å². The molecule has 7 heteroatoms. The van der Waals surface area contributed by atoms with Gasteiger partial charge in [-0.05, 0) is 37.5 Å². The lowest BCUT2D eigenvalue weighted by atomic mass is 10.1. The summed E-state index contributed by atoms with van der Waals surface area (Å²) in [6, 6.07) is 6.95. The maximum atomic E-state index is 12.0. The van der Waals surface area contributed by atoms with Gasteiger partial charge in [-0.2, -0.15) is 0 Å². The molecule has 6 nitrogen and oxygen atoms in total. The van der Waals surface area contributed by atoms with E-state index in [1.54, 1.807) is 24.3 Å². The number of carbonyl (C=O) groups is 2. The zero-order valence-corrected chi connectivity index (χ0v) is 14.7. The molecule has 1 aromatic rings. The maximum absolute atomic E-state index is 12.0. The number of rotatable bonds is 6. The van der Waals surface area contributed by atoms with Crippen LogP contribution in [-0.4, -0.2) is 49.1 Å². The highest BCUT2D eigenvalue weighted by Crippen LogP contribution is 2.15. The summed E-state index contributed by atoms with van der Waals surface area (Å²) < 4.78 is 0. The normalized spacial score (nSPS) is 15.8. The standard InChI is InChI=1S/C17H25ClN4O2/c1-2-8-19-16(23)12-22-9-6-14(7-10-22)20-17(24)21-15-5-3-4-13(18)11-15/h3-5,11,14H,2,6-10,12H2,1H3,(H,19,23)(H2,20,21,24). The molecule has 132 valence electrons. The molecule has 0 aromatic heterocycles. The van der Waals surface area contributed by atoms with Gasteiger partial charge in [-0.1, -0.05) is 24.6 Å². The molecule has 1 heterocycles. The Balaban J connectivity index is 1.69. The SMILES string of the molecule is CCCNC(=O)CN1CCC(NC(=O)Nc2cccc(Cl)c2)CC1. The number of carbonyl (C=O) groups excluding carboxylic acids is 2. The summed E-state index contributed by atoms with van der Waals surface area (Å²) in [6.45, 7) is 4.80. The van der Waals surface area contributed by atoms with Gasteiger partial charge in [0.2, 0.25) is 5.91 Å². The maximum Gasteiger partial charge on any atom is 0.319 e. The molecular formula is C17H25ClN4O2. The fourth-order valence-corrected chi connectivity index (χ4v) is 2.87. The van der Waals surface area contributed by atoms with Gasteiger partial charge in [0.05, 0.1) is 6.54 Å². The monoisotopic (exact) mass is 352 g/mol. The molecule has 2 rings (SSSR count). The Hall–Kier alpha value is -1.79. The Labute approximate surface area is 147 Å². The van der Waals surface area contributed by atoms with Gasteiger partial charge in [0.1, 0.15) is 0 Å². The fraction of sp³-hybridized carbons (Fsp3) is 0.529. The van der Waals surface area contributed by atoms with Crippen molar-refractivity contribution in [1.82, 2.24) is 15.5 Å². The highest BCUT2D eigenvalue weighted by atomic mass is 35.5. The molecule has 24 heavy (non-hydrogen) atoms. The highest BCUT2D eigenvalue weighted by molar-refractivity contribution is 6.30. The van der Waals surface area contributed by atoms with Crippen molar-refractivity contribution in [3.05, 3.63) is 29.3 Å². The number of halogens is 1.